The van der Waals surface area contributed by atoms with Crippen molar-refractivity contribution in [1.82, 2.24) is 0 Å². The van der Waals surface area contributed by atoms with Crippen LogP contribution in [-0.2, 0) is 0 Å². The lowest BCUT2D eigenvalue weighted by molar-refractivity contribution is -0.384. The van der Waals surface area contributed by atoms with Gasteiger partial charge < -0.3 is 10.1 Å². The van der Waals surface area contributed by atoms with Crippen molar-refractivity contribution in [3.63, 3.8) is 0 Å². The lowest BCUT2D eigenvalue weighted by Gasteiger charge is -2.10. The van der Waals surface area contributed by atoms with Gasteiger partial charge in [-0.05, 0) is 24.6 Å². The maximum Gasteiger partial charge on any atom is 0.275 e. The molecule has 2 rings (SSSR count). The molecule has 0 atom stereocenters. The number of nitrogens with one attached hydrogen (secondary N) is 1. The fourth-order valence-electron chi connectivity index (χ4n) is 1.70. The summed E-state index contributed by atoms with van der Waals surface area (Å²) in [6, 6.07) is 10.2. The van der Waals surface area contributed by atoms with E-state index < -0.39 is 4.92 Å². The minimum absolute atomic E-state index is 0.0144. The largest absolute Gasteiger partial charge is 0.457 e. The molecular weight excluding hydrogens is 324 g/mol. The Balaban J connectivity index is 2.39. The van der Waals surface area contributed by atoms with E-state index in [4.69, 9.17) is 4.74 Å². The van der Waals surface area contributed by atoms with Crippen molar-refractivity contribution in [2.75, 3.05) is 12.4 Å². The molecule has 0 aliphatic heterocycles. The zero-order valence-corrected chi connectivity index (χ0v) is 12.6. The normalized spacial score (nSPS) is 10.2. The fraction of sp³-hybridized carbons (Fsp3) is 0.143. The fourth-order valence-corrected chi connectivity index (χ4v) is 2.04. The monoisotopic (exact) mass is 336 g/mol. The summed E-state index contributed by atoms with van der Waals surface area (Å²) in [6.45, 7) is 1.91. The van der Waals surface area contributed by atoms with Gasteiger partial charge in [-0.15, -0.1) is 0 Å². The highest BCUT2D eigenvalue weighted by atomic mass is 79.9. The Labute approximate surface area is 124 Å². The van der Waals surface area contributed by atoms with Gasteiger partial charge in [0.15, 0.2) is 0 Å². The Bertz CT molecular complexity index is 659. The van der Waals surface area contributed by atoms with Crippen LogP contribution in [-0.4, -0.2) is 12.0 Å². The van der Waals surface area contributed by atoms with Crippen LogP contribution in [0.2, 0.25) is 0 Å². The van der Waals surface area contributed by atoms with E-state index in [0.717, 1.165) is 10.0 Å². The summed E-state index contributed by atoms with van der Waals surface area (Å²) in [5.74, 6) is 1.08. The number of hydrogen-bond acceptors (Lipinski definition) is 4. The molecule has 0 saturated carbocycles. The van der Waals surface area contributed by atoms with Crippen molar-refractivity contribution in [1.29, 1.82) is 0 Å². The lowest BCUT2D eigenvalue weighted by atomic mass is 10.2. The van der Waals surface area contributed by atoms with Crippen molar-refractivity contribution in [3.05, 3.63) is 56.5 Å². The minimum Gasteiger partial charge on any atom is -0.457 e. The molecule has 1 N–H and O–H groups in total. The van der Waals surface area contributed by atoms with Crippen LogP contribution >= 0.6 is 15.9 Å². The molecule has 0 radical (unpaired) electrons. The summed E-state index contributed by atoms with van der Waals surface area (Å²) in [6.07, 6.45) is 0. The Kier molecular flexibility index (Phi) is 4.24. The van der Waals surface area contributed by atoms with Crippen LogP contribution in [0.3, 0.4) is 0 Å². The van der Waals surface area contributed by atoms with E-state index in [-0.39, 0.29) is 5.69 Å². The van der Waals surface area contributed by atoms with E-state index in [1.165, 1.54) is 12.1 Å². The summed E-state index contributed by atoms with van der Waals surface area (Å²) in [7, 11) is 1.70. The lowest BCUT2D eigenvalue weighted by Crippen LogP contribution is -1.95. The van der Waals surface area contributed by atoms with Gasteiger partial charge in [-0.25, -0.2) is 0 Å². The number of nitrogens with zero attached hydrogens (tertiary/aromatic N) is 1. The zero-order valence-electron chi connectivity index (χ0n) is 11.0. The molecule has 0 aromatic heterocycles. The second kappa shape index (κ2) is 5.92. The Morgan fingerprint density at radius 3 is 2.65 bits per heavy atom. The van der Waals surface area contributed by atoms with Crippen molar-refractivity contribution in [3.8, 4) is 11.5 Å². The molecular formula is C14H13BrN2O3. The maximum atomic E-state index is 10.9. The van der Waals surface area contributed by atoms with Gasteiger partial charge in [-0.3, -0.25) is 10.1 Å². The first-order chi connectivity index (χ1) is 9.49. The van der Waals surface area contributed by atoms with Crippen LogP contribution in [0.15, 0.2) is 40.9 Å². The number of aryl methyl sites for hydroxylation is 1. The van der Waals surface area contributed by atoms with Crippen LogP contribution in [0, 0.1) is 17.0 Å². The highest BCUT2D eigenvalue weighted by Gasteiger charge is 2.11. The molecule has 0 fully saturated rings. The third kappa shape index (κ3) is 3.27. The second-order valence-corrected chi connectivity index (χ2v) is 5.15. The van der Waals surface area contributed by atoms with Crippen LogP contribution in [0.5, 0.6) is 11.5 Å². The van der Waals surface area contributed by atoms with Gasteiger partial charge in [0, 0.05) is 29.3 Å². The number of nitro benzene ring substituents is 1. The van der Waals surface area contributed by atoms with E-state index in [1.807, 2.05) is 25.1 Å². The van der Waals surface area contributed by atoms with Crippen molar-refractivity contribution < 1.29 is 9.66 Å². The first-order valence-electron chi connectivity index (χ1n) is 5.91. The number of halogens is 1. The average Bonchev–Trinajstić information content (AvgIpc) is 2.42. The Hall–Kier alpha value is -2.08. The number of benzene rings is 2. The molecule has 0 saturated heterocycles. The molecule has 2 aromatic rings. The van der Waals surface area contributed by atoms with Gasteiger partial charge in [-0.1, -0.05) is 22.0 Å². The van der Waals surface area contributed by atoms with E-state index in [1.54, 1.807) is 13.1 Å². The van der Waals surface area contributed by atoms with Gasteiger partial charge in [0.2, 0.25) is 0 Å². The third-order valence-electron chi connectivity index (χ3n) is 2.77. The van der Waals surface area contributed by atoms with Gasteiger partial charge in [0.1, 0.15) is 11.5 Å². The SMILES string of the molecule is CNc1cc(Oc2cc(Br)ccc2C)cc([N+](=O)[O-])c1. The quantitative estimate of drug-likeness (QED) is 0.659. The molecule has 0 heterocycles. The number of non-ortho nitro benzene ring substituents is 1. The van der Waals surface area contributed by atoms with E-state index in [0.29, 0.717) is 17.2 Å². The smallest absolute Gasteiger partial charge is 0.275 e. The van der Waals surface area contributed by atoms with Gasteiger partial charge in [0.05, 0.1) is 11.0 Å². The molecule has 0 bridgehead atoms. The van der Waals surface area contributed by atoms with E-state index >= 15 is 0 Å². The number of rotatable bonds is 4. The topological polar surface area (TPSA) is 64.4 Å². The second-order valence-electron chi connectivity index (χ2n) is 4.23. The predicted molar refractivity (Wildman–Crippen MR) is 81.6 cm³/mol. The van der Waals surface area contributed by atoms with Crippen molar-refractivity contribution in [2.24, 2.45) is 0 Å². The summed E-state index contributed by atoms with van der Waals surface area (Å²) in [5, 5.41) is 13.8. The molecule has 0 unspecified atom stereocenters. The molecule has 6 heteroatoms. The standard InChI is InChI=1S/C14H13BrN2O3/c1-9-3-4-10(15)5-14(9)20-13-7-11(16-2)6-12(8-13)17(18)19/h3-8,16H,1-2H3. The predicted octanol–water partition coefficient (Wildman–Crippen LogP) is 4.50. The zero-order chi connectivity index (χ0) is 14.7. The Morgan fingerprint density at radius 1 is 1.25 bits per heavy atom. The Morgan fingerprint density at radius 2 is 2.00 bits per heavy atom. The molecule has 0 aliphatic rings. The highest BCUT2D eigenvalue weighted by molar-refractivity contribution is 9.10. The first-order valence-corrected chi connectivity index (χ1v) is 6.70. The van der Waals surface area contributed by atoms with Crippen LogP contribution in [0.1, 0.15) is 5.56 Å². The van der Waals surface area contributed by atoms with Gasteiger partial charge >= 0.3 is 0 Å². The van der Waals surface area contributed by atoms with Gasteiger partial charge in [-0.2, -0.15) is 0 Å². The molecule has 2 aromatic carbocycles. The van der Waals surface area contributed by atoms with Gasteiger partial charge in [0.25, 0.3) is 5.69 Å². The third-order valence-corrected chi connectivity index (χ3v) is 3.26. The highest BCUT2D eigenvalue weighted by Crippen LogP contribution is 2.32. The van der Waals surface area contributed by atoms with Crippen LogP contribution in [0.4, 0.5) is 11.4 Å². The summed E-state index contributed by atoms with van der Waals surface area (Å²) in [5.41, 5.74) is 1.56. The number of hydrogen-bond donors (Lipinski definition) is 1. The summed E-state index contributed by atoms with van der Waals surface area (Å²) < 4.78 is 6.64. The molecule has 104 valence electrons. The summed E-state index contributed by atoms with van der Waals surface area (Å²) in [4.78, 5) is 10.5. The minimum atomic E-state index is -0.443. The molecule has 5 nitrogen and oxygen atoms in total. The van der Waals surface area contributed by atoms with E-state index in [2.05, 4.69) is 21.2 Å². The molecule has 0 spiro atoms. The number of ether oxygens (including phenoxy) is 1. The van der Waals surface area contributed by atoms with E-state index in [9.17, 15) is 10.1 Å². The molecule has 0 amide bonds. The van der Waals surface area contributed by atoms with Crippen LogP contribution < -0.4 is 10.1 Å². The average molecular weight is 337 g/mol. The molecule has 20 heavy (non-hydrogen) atoms. The van der Waals surface area contributed by atoms with Crippen molar-refractivity contribution >= 4 is 27.3 Å². The molecule has 0 aliphatic carbocycles. The van der Waals surface area contributed by atoms with Crippen LogP contribution in [0.25, 0.3) is 0 Å². The first kappa shape index (κ1) is 14.3. The maximum absolute atomic E-state index is 10.9. The number of nitro groups is 1. The number of anilines is 1. The summed E-state index contributed by atoms with van der Waals surface area (Å²) >= 11 is 3.37. The van der Waals surface area contributed by atoms with Crippen molar-refractivity contribution in [2.45, 2.75) is 6.92 Å².